The molecule has 2 N–H and O–H groups in total. The number of hydrogen-bond acceptors (Lipinski definition) is 7. The van der Waals surface area contributed by atoms with E-state index in [1.807, 2.05) is 55.5 Å². The molecule has 1 aliphatic rings. The van der Waals surface area contributed by atoms with Crippen molar-refractivity contribution in [2.24, 2.45) is 0 Å². The van der Waals surface area contributed by atoms with Crippen molar-refractivity contribution in [1.29, 1.82) is 0 Å². The zero-order valence-corrected chi connectivity index (χ0v) is 16.1. The average molecular weight is 390 g/mol. The van der Waals surface area contributed by atoms with E-state index < -0.39 is 0 Å². The van der Waals surface area contributed by atoms with E-state index in [0.29, 0.717) is 19.1 Å². The molecule has 148 valence electrons. The van der Waals surface area contributed by atoms with Crippen molar-refractivity contribution in [2.45, 2.75) is 20.1 Å². The molecule has 4 rings (SSSR count). The Morgan fingerprint density at radius 1 is 1.03 bits per heavy atom. The van der Waals surface area contributed by atoms with Gasteiger partial charge >= 0.3 is 0 Å². The number of aromatic nitrogens is 2. The largest absolute Gasteiger partial charge is 0.497 e. The second-order valence-corrected chi connectivity index (χ2v) is 6.56. The smallest absolute Gasteiger partial charge is 0.231 e. The molecule has 0 saturated carbocycles. The van der Waals surface area contributed by atoms with Crippen LogP contribution in [-0.2, 0) is 17.9 Å². The van der Waals surface area contributed by atoms with Gasteiger partial charge in [0.05, 0.1) is 6.26 Å². The Morgan fingerprint density at radius 3 is 2.66 bits per heavy atom. The Labute approximate surface area is 169 Å². The van der Waals surface area contributed by atoms with Crippen molar-refractivity contribution >= 4 is 17.5 Å². The molecular weight excluding hydrogens is 368 g/mol. The van der Waals surface area contributed by atoms with Crippen LogP contribution in [0.3, 0.4) is 0 Å². The van der Waals surface area contributed by atoms with Gasteiger partial charge in [-0.05, 0) is 42.3 Å². The lowest BCUT2D eigenvalue weighted by molar-refractivity contribution is 0.174. The van der Waals surface area contributed by atoms with Crippen molar-refractivity contribution in [3.05, 3.63) is 78.2 Å². The van der Waals surface area contributed by atoms with Crippen LogP contribution >= 0.6 is 0 Å². The molecule has 0 amide bonds. The van der Waals surface area contributed by atoms with E-state index in [2.05, 4.69) is 27.2 Å². The monoisotopic (exact) mass is 390 g/mol. The number of hydrogen-bond donors (Lipinski definition) is 2. The van der Waals surface area contributed by atoms with E-state index >= 15 is 0 Å². The minimum absolute atomic E-state index is 0.268. The first-order valence-corrected chi connectivity index (χ1v) is 9.26. The number of anilines is 3. The third kappa shape index (κ3) is 4.76. The van der Waals surface area contributed by atoms with E-state index in [1.165, 1.54) is 6.26 Å². The van der Waals surface area contributed by atoms with Crippen molar-refractivity contribution in [3.63, 3.8) is 0 Å². The Bertz CT molecular complexity index is 1010. The third-order valence-corrected chi connectivity index (χ3v) is 4.34. The molecule has 1 aliphatic heterocycles. The molecule has 0 fully saturated rings. The van der Waals surface area contributed by atoms with E-state index in [-0.39, 0.29) is 6.79 Å². The summed E-state index contributed by atoms with van der Waals surface area (Å²) in [5.74, 6) is 2.81. The van der Waals surface area contributed by atoms with Crippen LogP contribution in [-0.4, -0.2) is 16.8 Å². The first kappa shape index (κ1) is 18.6. The van der Waals surface area contributed by atoms with Crippen LogP contribution in [0.2, 0.25) is 0 Å². The molecule has 0 saturated heterocycles. The molecule has 0 unspecified atom stereocenters. The second kappa shape index (κ2) is 8.52. The van der Waals surface area contributed by atoms with Crippen LogP contribution < -0.4 is 20.1 Å². The highest BCUT2D eigenvalue weighted by atomic mass is 16.7. The van der Waals surface area contributed by atoms with Crippen LogP contribution in [0.15, 0.2) is 61.4 Å². The minimum atomic E-state index is 0.268. The molecule has 0 spiro atoms. The first-order chi connectivity index (χ1) is 14.2. The van der Waals surface area contributed by atoms with Crippen LogP contribution in [0.4, 0.5) is 17.5 Å². The van der Waals surface area contributed by atoms with Crippen molar-refractivity contribution in [2.75, 3.05) is 17.4 Å². The van der Waals surface area contributed by atoms with E-state index in [4.69, 9.17) is 14.2 Å². The van der Waals surface area contributed by atoms with Gasteiger partial charge in [0, 0.05) is 24.0 Å². The van der Waals surface area contributed by atoms with Gasteiger partial charge < -0.3 is 24.8 Å². The number of nitrogens with one attached hydrogen (secondary N) is 2. The Kier molecular flexibility index (Phi) is 5.47. The molecule has 0 aliphatic carbocycles. The van der Waals surface area contributed by atoms with Crippen molar-refractivity contribution < 1.29 is 14.2 Å². The number of rotatable bonds is 8. The summed E-state index contributed by atoms with van der Waals surface area (Å²) in [4.78, 5) is 9.03. The maximum Gasteiger partial charge on any atom is 0.231 e. The minimum Gasteiger partial charge on any atom is -0.497 e. The van der Waals surface area contributed by atoms with Crippen molar-refractivity contribution in [1.82, 2.24) is 9.97 Å². The first-order valence-electron chi connectivity index (χ1n) is 9.26. The molecule has 2 aromatic carbocycles. The highest BCUT2D eigenvalue weighted by Gasteiger charge is 2.13. The number of fused-ring (bicyclic) bond motifs is 1. The summed E-state index contributed by atoms with van der Waals surface area (Å²) in [7, 11) is 0. The SMILES string of the molecule is C=COCc1ccc(Nc2cc(C)nc(NCc3ccc4c(c3)OCO4)n2)cc1. The zero-order chi connectivity index (χ0) is 20.1. The van der Waals surface area contributed by atoms with Gasteiger partial charge in [0.1, 0.15) is 12.4 Å². The summed E-state index contributed by atoms with van der Waals surface area (Å²) in [5, 5.41) is 6.58. The van der Waals surface area contributed by atoms with Crippen LogP contribution in [0.25, 0.3) is 0 Å². The van der Waals surface area contributed by atoms with Gasteiger partial charge in [-0.2, -0.15) is 4.98 Å². The van der Waals surface area contributed by atoms with Gasteiger partial charge in [0.25, 0.3) is 0 Å². The van der Waals surface area contributed by atoms with Gasteiger partial charge in [-0.25, -0.2) is 4.98 Å². The zero-order valence-electron chi connectivity index (χ0n) is 16.1. The average Bonchev–Trinajstić information content (AvgIpc) is 3.19. The van der Waals surface area contributed by atoms with Crippen molar-refractivity contribution in [3.8, 4) is 11.5 Å². The molecule has 2 heterocycles. The number of ether oxygens (including phenoxy) is 3. The standard InChI is InChI=1S/C22H22N4O3/c1-3-27-13-16-4-7-18(8-5-16)25-21-10-15(2)24-22(26-21)23-12-17-6-9-19-20(11-17)29-14-28-19/h3-11H,1,12-14H2,2H3,(H2,23,24,25,26). The highest BCUT2D eigenvalue weighted by Crippen LogP contribution is 2.32. The Hall–Kier alpha value is -3.74. The molecule has 7 heteroatoms. The third-order valence-electron chi connectivity index (χ3n) is 4.34. The molecule has 3 aromatic rings. The summed E-state index contributed by atoms with van der Waals surface area (Å²) in [6.07, 6.45) is 1.44. The summed E-state index contributed by atoms with van der Waals surface area (Å²) in [5.41, 5.74) is 3.94. The molecular formula is C22H22N4O3. The maximum atomic E-state index is 5.42. The fraction of sp³-hybridized carbons (Fsp3) is 0.182. The topological polar surface area (TPSA) is 77.5 Å². The summed E-state index contributed by atoms with van der Waals surface area (Å²) in [6.45, 7) is 6.84. The Balaban J connectivity index is 1.41. The quantitative estimate of drug-likeness (QED) is 0.547. The fourth-order valence-corrected chi connectivity index (χ4v) is 2.93. The number of benzene rings is 2. The van der Waals surface area contributed by atoms with Crippen LogP contribution in [0.5, 0.6) is 11.5 Å². The van der Waals surface area contributed by atoms with E-state index in [0.717, 1.165) is 39.8 Å². The lowest BCUT2D eigenvalue weighted by Gasteiger charge is -2.11. The van der Waals surface area contributed by atoms with E-state index in [1.54, 1.807) is 0 Å². The van der Waals surface area contributed by atoms with E-state index in [9.17, 15) is 0 Å². The molecule has 1 aromatic heterocycles. The number of aryl methyl sites for hydroxylation is 1. The van der Waals surface area contributed by atoms with Crippen LogP contribution in [0, 0.1) is 6.92 Å². The van der Waals surface area contributed by atoms with Gasteiger partial charge in [0.15, 0.2) is 11.5 Å². The predicted octanol–water partition coefficient (Wildman–Crippen LogP) is 4.53. The summed E-state index contributed by atoms with van der Waals surface area (Å²) in [6, 6.07) is 15.7. The summed E-state index contributed by atoms with van der Waals surface area (Å²) >= 11 is 0. The molecule has 0 radical (unpaired) electrons. The molecule has 0 bridgehead atoms. The van der Waals surface area contributed by atoms with Gasteiger partial charge in [-0.15, -0.1) is 0 Å². The van der Waals surface area contributed by atoms with Gasteiger partial charge in [0.2, 0.25) is 12.7 Å². The highest BCUT2D eigenvalue weighted by molar-refractivity contribution is 5.58. The second-order valence-electron chi connectivity index (χ2n) is 6.56. The molecule has 0 atom stereocenters. The molecule has 29 heavy (non-hydrogen) atoms. The predicted molar refractivity (Wildman–Crippen MR) is 111 cm³/mol. The fourth-order valence-electron chi connectivity index (χ4n) is 2.93. The maximum absolute atomic E-state index is 5.42. The number of nitrogens with zero attached hydrogens (tertiary/aromatic N) is 2. The van der Waals surface area contributed by atoms with Crippen LogP contribution in [0.1, 0.15) is 16.8 Å². The lowest BCUT2D eigenvalue weighted by Crippen LogP contribution is -2.06. The van der Waals surface area contributed by atoms with Gasteiger partial charge in [-0.3, -0.25) is 0 Å². The molecule has 7 nitrogen and oxygen atoms in total. The van der Waals surface area contributed by atoms with Gasteiger partial charge in [-0.1, -0.05) is 24.8 Å². The summed E-state index contributed by atoms with van der Waals surface area (Å²) < 4.78 is 16.0. The normalized spacial score (nSPS) is 11.8. The lowest BCUT2D eigenvalue weighted by atomic mass is 10.2. The Morgan fingerprint density at radius 2 is 1.83 bits per heavy atom.